The lowest BCUT2D eigenvalue weighted by molar-refractivity contribution is -0.319. The maximum Gasteiger partial charge on any atom is 0.187 e. The van der Waals surface area contributed by atoms with Crippen molar-refractivity contribution >= 4 is 0 Å². The van der Waals surface area contributed by atoms with Gasteiger partial charge in [0.15, 0.2) is 6.29 Å². The van der Waals surface area contributed by atoms with Gasteiger partial charge in [0, 0.05) is 6.42 Å². The molecule has 10 heteroatoms. The summed E-state index contributed by atoms with van der Waals surface area (Å²) in [6.45, 7) is -1.95. The highest BCUT2D eigenvalue weighted by atomic mass is 16.7. The highest BCUT2D eigenvalue weighted by molar-refractivity contribution is 4.89. The van der Waals surface area contributed by atoms with E-state index >= 15 is 0 Å². The Balaban J connectivity index is 2.77. The van der Waals surface area contributed by atoms with Crippen LogP contribution in [0.25, 0.3) is 0 Å². The first-order valence-corrected chi connectivity index (χ1v) is 6.89. The molecule has 1 rings (SSSR count). The Bertz CT molecular complexity index is 314. The van der Waals surface area contributed by atoms with Crippen LogP contribution in [0.3, 0.4) is 0 Å². The van der Waals surface area contributed by atoms with Gasteiger partial charge in [-0.25, -0.2) is 0 Å². The second kappa shape index (κ2) is 9.03. The minimum atomic E-state index is -1.67. The molecule has 132 valence electrons. The Labute approximate surface area is 126 Å². The van der Waals surface area contributed by atoms with Crippen molar-refractivity contribution in [3.8, 4) is 0 Å². The van der Waals surface area contributed by atoms with Crippen LogP contribution in [0.2, 0.25) is 0 Å². The SMILES string of the molecule is OCC(O)CC(O[C@@H]1OC(CO)[C@H](O)[C@H](O)C1O)C(O)CO. The quantitative estimate of drug-likeness (QED) is 0.215. The maximum atomic E-state index is 9.82. The van der Waals surface area contributed by atoms with Crippen LogP contribution < -0.4 is 0 Å². The van der Waals surface area contributed by atoms with Gasteiger partial charge in [-0.15, -0.1) is 0 Å². The second-order valence-corrected chi connectivity index (χ2v) is 5.19. The van der Waals surface area contributed by atoms with Crippen molar-refractivity contribution in [3.63, 3.8) is 0 Å². The van der Waals surface area contributed by atoms with Crippen molar-refractivity contribution in [1.82, 2.24) is 0 Å². The Hall–Kier alpha value is -0.400. The number of ether oxygens (including phenoxy) is 2. The zero-order valence-electron chi connectivity index (χ0n) is 11.8. The molecule has 0 amide bonds. The number of rotatable bonds is 8. The lowest BCUT2D eigenvalue weighted by Crippen LogP contribution is -2.60. The minimum Gasteiger partial charge on any atom is -0.394 e. The van der Waals surface area contributed by atoms with E-state index < -0.39 is 68.8 Å². The number of aliphatic hydroxyl groups excluding tert-OH is 8. The number of hydrogen-bond donors (Lipinski definition) is 8. The summed E-state index contributed by atoms with van der Waals surface area (Å²) < 4.78 is 10.3. The van der Waals surface area contributed by atoms with Crippen LogP contribution in [-0.2, 0) is 9.47 Å². The van der Waals surface area contributed by atoms with Gasteiger partial charge in [0.05, 0.1) is 32.0 Å². The monoisotopic (exact) mass is 328 g/mol. The maximum absolute atomic E-state index is 9.82. The first-order valence-electron chi connectivity index (χ1n) is 6.89. The molecule has 10 nitrogen and oxygen atoms in total. The average molecular weight is 328 g/mol. The molecular formula is C12H24O10. The lowest BCUT2D eigenvalue weighted by atomic mass is 9.99. The first-order chi connectivity index (χ1) is 10.3. The van der Waals surface area contributed by atoms with E-state index in [2.05, 4.69) is 0 Å². The van der Waals surface area contributed by atoms with Gasteiger partial charge in [0.1, 0.15) is 30.5 Å². The Morgan fingerprint density at radius 1 is 0.909 bits per heavy atom. The fourth-order valence-electron chi connectivity index (χ4n) is 2.12. The summed E-state index contributed by atoms with van der Waals surface area (Å²) in [6.07, 6.45) is -11.7. The summed E-state index contributed by atoms with van der Waals surface area (Å²) in [5.74, 6) is 0. The van der Waals surface area contributed by atoms with Crippen molar-refractivity contribution in [2.45, 2.75) is 55.4 Å². The Morgan fingerprint density at radius 2 is 1.55 bits per heavy atom. The average Bonchev–Trinajstić information content (AvgIpc) is 2.53. The van der Waals surface area contributed by atoms with Crippen LogP contribution in [0, 0.1) is 0 Å². The molecule has 1 saturated heterocycles. The van der Waals surface area contributed by atoms with Crippen LogP contribution in [0.5, 0.6) is 0 Å². The molecule has 0 spiro atoms. The molecule has 0 aromatic rings. The molecule has 0 aromatic carbocycles. The Kier molecular flexibility index (Phi) is 8.07. The molecule has 8 N–H and O–H groups in total. The molecule has 5 unspecified atom stereocenters. The Morgan fingerprint density at radius 3 is 2.05 bits per heavy atom. The van der Waals surface area contributed by atoms with Gasteiger partial charge in [-0.05, 0) is 0 Å². The minimum absolute atomic E-state index is 0.271. The fourth-order valence-corrected chi connectivity index (χ4v) is 2.12. The van der Waals surface area contributed by atoms with E-state index in [0.29, 0.717) is 0 Å². The summed E-state index contributed by atoms with van der Waals surface area (Å²) in [5.41, 5.74) is 0. The van der Waals surface area contributed by atoms with E-state index in [1.165, 1.54) is 0 Å². The van der Waals surface area contributed by atoms with Crippen molar-refractivity contribution < 1.29 is 50.3 Å². The van der Waals surface area contributed by atoms with E-state index in [1.54, 1.807) is 0 Å². The summed E-state index contributed by atoms with van der Waals surface area (Å²) in [7, 11) is 0. The van der Waals surface area contributed by atoms with Crippen molar-refractivity contribution in [2.75, 3.05) is 19.8 Å². The first kappa shape index (κ1) is 19.6. The molecule has 1 fully saturated rings. The van der Waals surface area contributed by atoms with E-state index in [0.717, 1.165) is 0 Å². The molecule has 1 aliphatic heterocycles. The van der Waals surface area contributed by atoms with E-state index in [4.69, 9.17) is 24.8 Å². The predicted molar refractivity (Wildman–Crippen MR) is 69.4 cm³/mol. The smallest absolute Gasteiger partial charge is 0.187 e. The van der Waals surface area contributed by atoms with Gasteiger partial charge in [0.2, 0.25) is 0 Å². The van der Waals surface area contributed by atoms with Gasteiger partial charge in [-0.1, -0.05) is 0 Å². The van der Waals surface area contributed by atoms with Crippen molar-refractivity contribution in [2.24, 2.45) is 0 Å². The van der Waals surface area contributed by atoms with Gasteiger partial charge in [0.25, 0.3) is 0 Å². The molecule has 0 saturated carbocycles. The van der Waals surface area contributed by atoms with Gasteiger partial charge in [-0.3, -0.25) is 0 Å². The van der Waals surface area contributed by atoms with Gasteiger partial charge < -0.3 is 50.3 Å². The second-order valence-electron chi connectivity index (χ2n) is 5.19. The highest BCUT2D eigenvalue weighted by Gasteiger charge is 2.45. The van der Waals surface area contributed by atoms with Crippen molar-refractivity contribution in [3.05, 3.63) is 0 Å². The van der Waals surface area contributed by atoms with Crippen LogP contribution in [-0.4, -0.2) is 110 Å². The van der Waals surface area contributed by atoms with Crippen LogP contribution in [0.4, 0.5) is 0 Å². The molecule has 22 heavy (non-hydrogen) atoms. The number of aliphatic hydroxyl groups is 8. The van der Waals surface area contributed by atoms with Crippen LogP contribution in [0.1, 0.15) is 6.42 Å². The summed E-state index contributed by atoms with van der Waals surface area (Å²) in [4.78, 5) is 0. The summed E-state index contributed by atoms with van der Waals surface area (Å²) >= 11 is 0. The molecule has 0 aromatic heterocycles. The fraction of sp³-hybridized carbons (Fsp3) is 1.00. The molecule has 0 bridgehead atoms. The number of hydrogen-bond acceptors (Lipinski definition) is 10. The van der Waals surface area contributed by atoms with E-state index in [9.17, 15) is 25.5 Å². The third kappa shape index (κ3) is 4.80. The lowest BCUT2D eigenvalue weighted by Gasteiger charge is -2.41. The van der Waals surface area contributed by atoms with Gasteiger partial charge in [-0.2, -0.15) is 0 Å². The third-order valence-electron chi connectivity index (χ3n) is 3.49. The highest BCUT2D eigenvalue weighted by Crippen LogP contribution is 2.24. The summed E-state index contributed by atoms with van der Waals surface area (Å²) in [6, 6.07) is 0. The zero-order valence-corrected chi connectivity index (χ0v) is 11.8. The normalized spacial score (nSPS) is 36.8. The standard InChI is InChI=1S/C12H24O10/c13-2-5(16)1-7(6(17)3-14)21-12-11(20)10(19)9(18)8(4-15)22-12/h5-20H,1-4H2/t5?,6?,7?,8?,9-,10-,11?,12+/m0/s1. The van der Waals surface area contributed by atoms with Crippen molar-refractivity contribution in [1.29, 1.82) is 0 Å². The summed E-state index contributed by atoms with van der Waals surface area (Å²) in [5, 5.41) is 75.0. The van der Waals surface area contributed by atoms with E-state index in [-0.39, 0.29) is 6.42 Å². The molecule has 8 atom stereocenters. The molecule has 0 radical (unpaired) electrons. The largest absolute Gasteiger partial charge is 0.394 e. The molecule has 0 aliphatic carbocycles. The van der Waals surface area contributed by atoms with E-state index in [1.807, 2.05) is 0 Å². The van der Waals surface area contributed by atoms with Crippen LogP contribution in [0.15, 0.2) is 0 Å². The van der Waals surface area contributed by atoms with Crippen LogP contribution >= 0.6 is 0 Å². The topological polar surface area (TPSA) is 180 Å². The third-order valence-corrected chi connectivity index (χ3v) is 3.49. The molecule has 1 heterocycles. The zero-order chi connectivity index (χ0) is 16.9. The van der Waals surface area contributed by atoms with Gasteiger partial charge >= 0.3 is 0 Å². The predicted octanol–water partition coefficient (Wildman–Crippen LogP) is -4.73. The molecule has 1 aliphatic rings. The molecular weight excluding hydrogens is 304 g/mol.